The first kappa shape index (κ1) is 26.2. The largest absolute Gasteiger partial charge is 0.468 e. The molecule has 0 aromatic carbocycles. The lowest BCUT2D eigenvalue weighted by molar-refractivity contribution is 0.193. The van der Waals surface area contributed by atoms with Crippen LogP contribution in [0.5, 0.6) is 0 Å². The molecule has 7 heteroatoms. The zero-order valence-electron chi connectivity index (χ0n) is 17.4. The molecule has 0 aliphatic rings. The van der Waals surface area contributed by atoms with E-state index in [1.807, 2.05) is 12.1 Å². The van der Waals surface area contributed by atoms with Gasteiger partial charge in [-0.2, -0.15) is 0 Å². The molecule has 6 nitrogen and oxygen atoms in total. The van der Waals surface area contributed by atoms with Crippen LogP contribution in [0.4, 0.5) is 0 Å². The predicted octanol–water partition coefficient (Wildman–Crippen LogP) is 3.63. The predicted molar refractivity (Wildman–Crippen MR) is 124 cm³/mol. The Balaban J connectivity index is 0.00000676. The minimum atomic E-state index is 0. The van der Waals surface area contributed by atoms with Gasteiger partial charge in [0, 0.05) is 26.2 Å². The van der Waals surface area contributed by atoms with E-state index in [-0.39, 0.29) is 36.6 Å². The zero-order valence-corrected chi connectivity index (χ0v) is 19.7. The Bertz CT molecular complexity index is 472. The number of hydrogen-bond acceptors (Lipinski definition) is 4. The van der Waals surface area contributed by atoms with Gasteiger partial charge in [0.1, 0.15) is 5.76 Å². The first-order valence-corrected chi connectivity index (χ1v) is 10.1. The summed E-state index contributed by atoms with van der Waals surface area (Å²) in [5, 5.41) is 16.0. The van der Waals surface area contributed by atoms with Crippen molar-refractivity contribution in [3.05, 3.63) is 24.2 Å². The van der Waals surface area contributed by atoms with Crippen LogP contribution in [0.2, 0.25) is 0 Å². The minimum absolute atomic E-state index is 0. The van der Waals surface area contributed by atoms with Gasteiger partial charge < -0.3 is 20.2 Å². The molecule has 0 saturated carbocycles. The molecule has 1 heterocycles. The van der Waals surface area contributed by atoms with Crippen molar-refractivity contribution in [2.45, 2.75) is 53.0 Å². The number of hydrogen-bond donors (Lipinski definition) is 3. The third-order valence-electron chi connectivity index (χ3n) is 4.67. The Morgan fingerprint density at radius 1 is 1.19 bits per heavy atom. The molecule has 2 unspecified atom stereocenters. The molecule has 0 spiro atoms. The maximum absolute atomic E-state index is 9.23. The van der Waals surface area contributed by atoms with Crippen LogP contribution < -0.4 is 10.6 Å². The lowest BCUT2D eigenvalue weighted by Crippen LogP contribution is -2.43. The summed E-state index contributed by atoms with van der Waals surface area (Å²) in [6, 6.07) is 4.15. The highest BCUT2D eigenvalue weighted by molar-refractivity contribution is 14.0. The van der Waals surface area contributed by atoms with E-state index in [4.69, 9.17) is 9.41 Å². The summed E-state index contributed by atoms with van der Waals surface area (Å²) in [6.45, 7) is 13.0. The number of nitrogens with one attached hydrogen (secondary N) is 2. The molecule has 3 N–H and O–H groups in total. The third-order valence-corrected chi connectivity index (χ3v) is 4.67. The number of likely N-dealkylation sites (N-methyl/N-ethyl adjacent to an activating group) is 1. The van der Waals surface area contributed by atoms with Crippen molar-refractivity contribution in [1.82, 2.24) is 15.5 Å². The Kier molecular flexibility index (Phi) is 15.7. The highest BCUT2D eigenvalue weighted by atomic mass is 127. The van der Waals surface area contributed by atoms with Gasteiger partial charge in [0.15, 0.2) is 5.96 Å². The molecule has 0 saturated heterocycles. The van der Waals surface area contributed by atoms with E-state index in [1.165, 1.54) is 0 Å². The van der Waals surface area contributed by atoms with E-state index in [9.17, 15) is 5.11 Å². The molecule has 158 valence electrons. The average Bonchev–Trinajstić information content (AvgIpc) is 3.17. The van der Waals surface area contributed by atoms with Crippen LogP contribution >= 0.6 is 24.0 Å². The number of halogens is 1. The fourth-order valence-electron chi connectivity index (χ4n) is 3.23. The number of guanidine groups is 1. The monoisotopic (exact) mass is 494 g/mol. The Labute approximate surface area is 182 Å². The second kappa shape index (κ2) is 16.2. The molecular weight excluding hydrogens is 455 g/mol. The van der Waals surface area contributed by atoms with Crippen molar-refractivity contribution in [3.8, 4) is 0 Å². The van der Waals surface area contributed by atoms with E-state index < -0.39 is 0 Å². The molecule has 0 bridgehead atoms. The molecule has 0 radical (unpaired) electrons. The standard InChI is InChI=1S/C20H38N4O2.HI/c1-5-10-17(12-13-25)15-22-20(21-6-2)23-16-18(24(7-3)8-4)19-11-9-14-26-19;/h9,11,14,17-18,25H,5-8,10,12-13,15-16H2,1-4H3,(H2,21,22,23);1H. The maximum atomic E-state index is 9.23. The molecular formula is C20H39IN4O2. The summed E-state index contributed by atoms with van der Waals surface area (Å²) in [5.74, 6) is 2.24. The zero-order chi connectivity index (χ0) is 19.2. The Morgan fingerprint density at radius 3 is 2.44 bits per heavy atom. The van der Waals surface area contributed by atoms with Gasteiger partial charge in [-0.05, 0) is 50.9 Å². The van der Waals surface area contributed by atoms with Gasteiger partial charge in [-0.25, -0.2) is 0 Å². The van der Waals surface area contributed by atoms with Crippen LogP contribution in [0.1, 0.15) is 58.8 Å². The number of nitrogens with zero attached hydrogens (tertiary/aromatic N) is 2. The molecule has 0 fully saturated rings. The van der Waals surface area contributed by atoms with Crippen molar-refractivity contribution in [2.75, 3.05) is 39.3 Å². The van der Waals surface area contributed by atoms with E-state index in [2.05, 4.69) is 43.2 Å². The number of rotatable bonds is 13. The van der Waals surface area contributed by atoms with Crippen molar-refractivity contribution in [2.24, 2.45) is 10.9 Å². The second-order valence-electron chi connectivity index (χ2n) is 6.52. The Morgan fingerprint density at radius 2 is 1.93 bits per heavy atom. The SMILES string of the molecule is CCCC(CCO)CN=C(NCC)NCC(c1ccco1)N(CC)CC.I. The smallest absolute Gasteiger partial charge is 0.191 e. The van der Waals surface area contributed by atoms with Crippen LogP contribution in [-0.2, 0) is 0 Å². The summed E-state index contributed by atoms with van der Waals surface area (Å²) in [4.78, 5) is 7.13. The van der Waals surface area contributed by atoms with Crippen LogP contribution in [0.25, 0.3) is 0 Å². The van der Waals surface area contributed by atoms with Gasteiger partial charge in [0.05, 0.1) is 12.3 Å². The second-order valence-corrected chi connectivity index (χ2v) is 6.52. The topological polar surface area (TPSA) is 73.0 Å². The summed E-state index contributed by atoms with van der Waals surface area (Å²) in [5.41, 5.74) is 0. The van der Waals surface area contributed by atoms with Gasteiger partial charge >= 0.3 is 0 Å². The summed E-state index contributed by atoms with van der Waals surface area (Å²) in [7, 11) is 0. The number of aliphatic imine (C=N–C) groups is 1. The normalized spacial score (nSPS) is 13.9. The summed E-state index contributed by atoms with van der Waals surface area (Å²) < 4.78 is 5.66. The maximum Gasteiger partial charge on any atom is 0.191 e. The van der Waals surface area contributed by atoms with E-state index in [0.717, 1.165) is 63.7 Å². The molecule has 0 aliphatic heterocycles. The van der Waals surface area contributed by atoms with Crippen molar-refractivity contribution < 1.29 is 9.52 Å². The number of aliphatic hydroxyl groups is 1. The van der Waals surface area contributed by atoms with Crippen molar-refractivity contribution in [3.63, 3.8) is 0 Å². The van der Waals surface area contributed by atoms with Gasteiger partial charge in [-0.1, -0.05) is 27.2 Å². The first-order valence-electron chi connectivity index (χ1n) is 10.1. The number of furan rings is 1. The van der Waals surface area contributed by atoms with Crippen molar-refractivity contribution in [1.29, 1.82) is 0 Å². The fourth-order valence-corrected chi connectivity index (χ4v) is 3.23. The first-order chi connectivity index (χ1) is 12.7. The van der Waals surface area contributed by atoms with Gasteiger partial charge in [0.2, 0.25) is 0 Å². The van der Waals surface area contributed by atoms with Gasteiger partial charge in [-0.3, -0.25) is 9.89 Å². The quantitative estimate of drug-likeness (QED) is 0.222. The molecule has 0 aliphatic carbocycles. The average molecular weight is 494 g/mol. The van der Waals surface area contributed by atoms with E-state index >= 15 is 0 Å². The lowest BCUT2D eigenvalue weighted by atomic mass is 10.0. The highest BCUT2D eigenvalue weighted by Crippen LogP contribution is 2.20. The molecule has 2 atom stereocenters. The van der Waals surface area contributed by atoms with E-state index in [1.54, 1.807) is 6.26 Å². The molecule has 0 amide bonds. The fraction of sp³-hybridized carbons (Fsp3) is 0.750. The van der Waals surface area contributed by atoms with E-state index in [0.29, 0.717) is 5.92 Å². The minimum Gasteiger partial charge on any atom is -0.468 e. The highest BCUT2D eigenvalue weighted by Gasteiger charge is 2.20. The Hall–Kier alpha value is -0.800. The summed E-state index contributed by atoms with van der Waals surface area (Å²) >= 11 is 0. The van der Waals surface area contributed by atoms with Crippen LogP contribution in [0.3, 0.4) is 0 Å². The van der Waals surface area contributed by atoms with Crippen LogP contribution in [0.15, 0.2) is 27.8 Å². The molecule has 1 rings (SSSR count). The molecule has 1 aromatic rings. The summed E-state index contributed by atoms with van der Waals surface area (Å²) in [6.07, 6.45) is 4.76. The molecule has 27 heavy (non-hydrogen) atoms. The van der Waals surface area contributed by atoms with Crippen LogP contribution in [-0.4, -0.2) is 55.3 Å². The van der Waals surface area contributed by atoms with Gasteiger partial charge in [-0.15, -0.1) is 24.0 Å². The third kappa shape index (κ3) is 9.80. The molecule has 1 aromatic heterocycles. The van der Waals surface area contributed by atoms with Crippen LogP contribution in [0, 0.1) is 5.92 Å². The van der Waals surface area contributed by atoms with Crippen molar-refractivity contribution >= 4 is 29.9 Å². The number of aliphatic hydroxyl groups excluding tert-OH is 1. The van der Waals surface area contributed by atoms with Gasteiger partial charge in [0.25, 0.3) is 0 Å². The lowest BCUT2D eigenvalue weighted by Gasteiger charge is -2.29.